The van der Waals surface area contributed by atoms with Crippen LogP contribution in [0.4, 0.5) is 0 Å². The minimum Gasteiger partial charge on any atom is -0.396 e. The fraction of sp³-hybridized carbons (Fsp3) is 1.00. The number of ether oxygens (including phenoxy) is 2. The highest BCUT2D eigenvalue weighted by atomic mass is 16.7. The third-order valence-corrected chi connectivity index (χ3v) is 2.52. The predicted molar refractivity (Wildman–Crippen MR) is 42.7 cm³/mol. The maximum absolute atomic E-state index is 8.65. The van der Waals surface area contributed by atoms with E-state index in [1.54, 1.807) is 0 Å². The van der Waals surface area contributed by atoms with Gasteiger partial charge in [-0.25, -0.2) is 0 Å². The van der Waals surface area contributed by atoms with E-state index >= 15 is 0 Å². The molecular formula is C8H15NO3. The summed E-state index contributed by atoms with van der Waals surface area (Å²) in [6.07, 6.45) is 0.407. The first-order chi connectivity index (χ1) is 5.85. The van der Waals surface area contributed by atoms with Gasteiger partial charge < -0.3 is 19.9 Å². The van der Waals surface area contributed by atoms with Crippen LogP contribution in [-0.4, -0.2) is 44.3 Å². The zero-order valence-electron chi connectivity index (χ0n) is 7.08. The molecule has 0 atom stereocenters. The van der Waals surface area contributed by atoms with Gasteiger partial charge in [-0.15, -0.1) is 0 Å². The predicted octanol–water partition coefficient (Wildman–Crippen LogP) is -0.669. The molecule has 2 aliphatic rings. The van der Waals surface area contributed by atoms with Gasteiger partial charge in [0.2, 0.25) is 0 Å². The van der Waals surface area contributed by atoms with Crippen LogP contribution in [-0.2, 0) is 9.47 Å². The van der Waals surface area contributed by atoms with E-state index in [0.29, 0.717) is 6.42 Å². The molecule has 2 saturated heterocycles. The lowest BCUT2D eigenvalue weighted by Crippen LogP contribution is -2.61. The summed E-state index contributed by atoms with van der Waals surface area (Å²) in [5.74, 6) is 0. The molecule has 12 heavy (non-hydrogen) atoms. The quantitative estimate of drug-likeness (QED) is 0.581. The van der Waals surface area contributed by atoms with Crippen LogP contribution in [0.1, 0.15) is 6.42 Å². The number of rotatable bonds is 2. The molecule has 4 nitrogen and oxygen atoms in total. The SMILES string of the molecule is OCCC1OCC2(CNC2)CO1. The lowest BCUT2D eigenvalue weighted by Gasteiger charge is -2.46. The van der Waals surface area contributed by atoms with Crippen LogP contribution in [0.3, 0.4) is 0 Å². The Morgan fingerprint density at radius 3 is 2.42 bits per heavy atom. The van der Waals surface area contributed by atoms with Crippen molar-refractivity contribution < 1.29 is 14.6 Å². The average Bonchev–Trinajstić information content (AvgIpc) is 2.04. The summed E-state index contributed by atoms with van der Waals surface area (Å²) in [7, 11) is 0. The molecule has 1 spiro atoms. The molecule has 70 valence electrons. The lowest BCUT2D eigenvalue weighted by atomic mass is 9.83. The summed E-state index contributed by atoms with van der Waals surface area (Å²) in [5, 5.41) is 11.9. The molecule has 0 aromatic rings. The van der Waals surface area contributed by atoms with Gasteiger partial charge in [-0.3, -0.25) is 0 Å². The zero-order valence-corrected chi connectivity index (χ0v) is 7.08. The van der Waals surface area contributed by atoms with Gasteiger partial charge in [-0.2, -0.15) is 0 Å². The van der Waals surface area contributed by atoms with E-state index in [0.717, 1.165) is 26.3 Å². The Hall–Kier alpha value is -0.160. The second kappa shape index (κ2) is 3.30. The first-order valence-corrected chi connectivity index (χ1v) is 4.39. The third kappa shape index (κ3) is 1.47. The maximum Gasteiger partial charge on any atom is 0.159 e. The van der Waals surface area contributed by atoms with Gasteiger partial charge in [-0.1, -0.05) is 0 Å². The second-order valence-corrected chi connectivity index (χ2v) is 3.67. The molecule has 2 fully saturated rings. The van der Waals surface area contributed by atoms with Gasteiger partial charge >= 0.3 is 0 Å². The van der Waals surface area contributed by atoms with Gasteiger partial charge in [0.05, 0.1) is 13.2 Å². The van der Waals surface area contributed by atoms with Gasteiger partial charge in [0, 0.05) is 31.5 Å². The van der Waals surface area contributed by atoms with Gasteiger partial charge in [0.15, 0.2) is 6.29 Å². The Kier molecular flexibility index (Phi) is 2.32. The summed E-state index contributed by atoms with van der Waals surface area (Å²) in [6.45, 7) is 3.67. The molecule has 2 N–H and O–H groups in total. The number of hydrogen-bond acceptors (Lipinski definition) is 4. The van der Waals surface area contributed by atoms with Crippen molar-refractivity contribution in [2.75, 3.05) is 32.9 Å². The van der Waals surface area contributed by atoms with Gasteiger partial charge in [0.25, 0.3) is 0 Å². The first kappa shape index (κ1) is 8.44. The van der Waals surface area contributed by atoms with Crippen LogP contribution in [0.25, 0.3) is 0 Å². The van der Waals surface area contributed by atoms with Crippen LogP contribution >= 0.6 is 0 Å². The molecular weight excluding hydrogens is 158 g/mol. The maximum atomic E-state index is 8.65. The zero-order chi connectivity index (χ0) is 8.44. The lowest BCUT2D eigenvalue weighted by molar-refractivity contribution is -0.242. The fourth-order valence-corrected chi connectivity index (χ4v) is 1.58. The Morgan fingerprint density at radius 1 is 1.33 bits per heavy atom. The van der Waals surface area contributed by atoms with Crippen molar-refractivity contribution in [3.05, 3.63) is 0 Å². The number of aliphatic hydroxyl groups excluding tert-OH is 1. The topological polar surface area (TPSA) is 50.7 Å². The molecule has 0 bridgehead atoms. The molecule has 2 aliphatic heterocycles. The summed E-state index contributed by atoms with van der Waals surface area (Å²) < 4.78 is 10.9. The third-order valence-electron chi connectivity index (χ3n) is 2.52. The largest absolute Gasteiger partial charge is 0.396 e. The van der Waals surface area contributed by atoms with Crippen LogP contribution in [0.5, 0.6) is 0 Å². The van der Waals surface area contributed by atoms with Crippen LogP contribution < -0.4 is 5.32 Å². The fourth-order valence-electron chi connectivity index (χ4n) is 1.58. The van der Waals surface area contributed by atoms with Gasteiger partial charge in [0.1, 0.15) is 0 Å². The van der Waals surface area contributed by atoms with E-state index in [1.165, 1.54) is 0 Å². The van der Waals surface area contributed by atoms with Crippen LogP contribution in [0.2, 0.25) is 0 Å². The van der Waals surface area contributed by atoms with Crippen molar-refractivity contribution in [3.8, 4) is 0 Å². The number of hydrogen-bond donors (Lipinski definition) is 2. The van der Waals surface area contributed by atoms with Crippen molar-refractivity contribution in [1.82, 2.24) is 5.32 Å². The highest BCUT2D eigenvalue weighted by molar-refractivity contribution is 4.93. The molecule has 0 radical (unpaired) electrons. The van der Waals surface area contributed by atoms with E-state index < -0.39 is 0 Å². The van der Waals surface area contributed by atoms with E-state index in [9.17, 15) is 0 Å². The first-order valence-electron chi connectivity index (χ1n) is 4.39. The molecule has 0 saturated carbocycles. The monoisotopic (exact) mass is 173 g/mol. The van der Waals surface area contributed by atoms with Crippen molar-refractivity contribution >= 4 is 0 Å². The summed E-state index contributed by atoms with van der Waals surface area (Å²) >= 11 is 0. The molecule has 4 heteroatoms. The summed E-state index contributed by atoms with van der Waals surface area (Å²) in [4.78, 5) is 0. The Morgan fingerprint density at radius 2 is 2.00 bits per heavy atom. The molecule has 0 unspecified atom stereocenters. The van der Waals surface area contributed by atoms with Crippen LogP contribution in [0.15, 0.2) is 0 Å². The Bertz CT molecular complexity index is 148. The summed E-state index contributed by atoms with van der Waals surface area (Å²) in [5.41, 5.74) is 0.242. The number of aliphatic hydroxyl groups is 1. The molecule has 0 aromatic carbocycles. The Labute approximate surface area is 71.9 Å². The minimum atomic E-state index is -0.179. The van der Waals surface area contributed by atoms with Crippen molar-refractivity contribution in [2.45, 2.75) is 12.7 Å². The molecule has 2 heterocycles. The van der Waals surface area contributed by atoms with Crippen molar-refractivity contribution in [3.63, 3.8) is 0 Å². The van der Waals surface area contributed by atoms with E-state index in [1.807, 2.05) is 0 Å². The molecule has 2 rings (SSSR count). The second-order valence-electron chi connectivity index (χ2n) is 3.67. The highest BCUT2D eigenvalue weighted by Gasteiger charge is 2.41. The van der Waals surface area contributed by atoms with E-state index in [4.69, 9.17) is 14.6 Å². The van der Waals surface area contributed by atoms with E-state index in [-0.39, 0.29) is 18.3 Å². The van der Waals surface area contributed by atoms with E-state index in [2.05, 4.69) is 5.32 Å². The van der Waals surface area contributed by atoms with Gasteiger partial charge in [-0.05, 0) is 0 Å². The minimum absolute atomic E-state index is 0.135. The number of nitrogens with one attached hydrogen (secondary N) is 1. The van der Waals surface area contributed by atoms with Crippen molar-refractivity contribution in [1.29, 1.82) is 0 Å². The smallest absolute Gasteiger partial charge is 0.159 e. The van der Waals surface area contributed by atoms with Crippen LogP contribution in [0, 0.1) is 5.41 Å². The summed E-state index contributed by atoms with van der Waals surface area (Å²) in [6, 6.07) is 0. The molecule has 0 aromatic heterocycles. The Balaban J connectivity index is 1.77. The van der Waals surface area contributed by atoms with Crippen molar-refractivity contribution in [2.24, 2.45) is 5.41 Å². The highest BCUT2D eigenvalue weighted by Crippen LogP contribution is 2.28. The average molecular weight is 173 g/mol. The standard InChI is InChI=1S/C8H15NO3/c10-2-1-7-11-5-8(6-12-7)3-9-4-8/h7,9-10H,1-6H2. The normalized spacial score (nSPS) is 28.8. The molecule has 0 amide bonds. The molecule has 0 aliphatic carbocycles.